The standard InChI is InChI=1S/C15H15ClN2OS/c16-13-5-3-12(4-6-13)11-20-9-7-15(19)18-14-2-1-8-17-10-14/h1-6,8,10H,7,9,11H2,(H,18,19). The highest BCUT2D eigenvalue weighted by Gasteiger charge is 2.02. The second-order valence-electron chi connectivity index (χ2n) is 4.22. The summed E-state index contributed by atoms with van der Waals surface area (Å²) in [4.78, 5) is 15.6. The van der Waals surface area contributed by atoms with Crippen LogP contribution in [0.25, 0.3) is 0 Å². The molecule has 0 aliphatic rings. The van der Waals surface area contributed by atoms with Gasteiger partial charge in [-0.05, 0) is 29.8 Å². The van der Waals surface area contributed by atoms with Gasteiger partial charge in [0.05, 0.1) is 11.9 Å². The van der Waals surface area contributed by atoms with Crippen molar-refractivity contribution in [3.8, 4) is 0 Å². The number of nitrogens with one attached hydrogen (secondary N) is 1. The van der Waals surface area contributed by atoms with Crippen molar-refractivity contribution in [2.24, 2.45) is 0 Å². The molecule has 0 fully saturated rings. The molecule has 1 amide bonds. The molecule has 0 saturated heterocycles. The fraction of sp³-hybridized carbons (Fsp3) is 0.200. The first-order valence-electron chi connectivity index (χ1n) is 6.26. The van der Waals surface area contributed by atoms with Crippen molar-refractivity contribution in [1.82, 2.24) is 4.98 Å². The summed E-state index contributed by atoms with van der Waals surface area (Å²) >= 11 is 7.56. The van der Waals surface area contributed by atoms with Gasteiger partial charge in [0, 0.05) is 29.1 Å². The van der Waals surface area contributed by atoms with Gasteiger partial charge >= 0.3 is 0 Å². The molecule has 0 bridgehead atoms. The van der Waals surface area contributed by atoms with Gasteiger partial charge < -0.3 is 5.32 Å². The van der Waals surface area contributed by atoms with Crippen LogP contribution >= 0.6 is 23.4 Å². The Kier molecular flexibility index (Phi) is 5.89. The Hall–Kier alpha value is -1.52. The number of rotatable bonds is 6. The molecule has 0 aliphatic carbocycles. The number of carbonyl (C=O) groups excluding carboxylic acids is 1. The Morgan fingerprint density at radius 1 is 1.25 bits per heavy atom. The Balaban J connectivity index is 1.66. The fourth-order valence-electron chi connectivity index (χ4n) is 1.60. The van der Waals surface area contributed by atoms with E-state index in [1.807, 2.05) is 30.3 Å². The van der Waals surface area contributed by atoms with Gasteiger partial charge in [-0.2, -0.15) is 11.8 Å². The maximum absolute atomic E-state index is 11.7. The summed E-state index contributed by atoms with van der Waals surface area (Å²) < 4.78 is 0. The Morgan fingerprint density at radius 2 is 2.05 bits per heavy atom. The maximum Gasteiger partial charge on any atom is 0.225 e. The van der Waals surface area contributed by atoms with Gasteiger partial charge in [0.15, 0.2) is 0 Å². The molecular weight excluding hydrogens is 292 g/mol. The Morgan fingerprint density at radius 3 is 2.75 bits per heavy atom. The zero-order chi connectivity index (χ0) is 14.2. The van der Waals surface area contributed by atoms with Crippen LogP contribution in [0.4, 0.5) is 5.69 Å². The van der Waals surface area contributed by atoms with Gasteiger partial charge in [0.1, 0.15) is 0 Å². The highest BCUT2D eigenvalue weighted by molar-refractivity contribution is 7.98. The maximum atomic E-state index is 11.7. The third kappa shape index (κ3) is 5.23. The number of nitrogens with zero attached hydrogens (tertiary/aromatic N) is 1. The molecule has 2 aromatic rings. The first-order valence-corrected chi connectivity index (χ1v) is 7.79. The van der Waals surface area contributed by atoms with Crippen molar-refractivity contribution in [2.75, 3.05) is 11.1 Å². The van der Waals surface area contributed by atoms with E-state index in [9.17, 15) is 4.79 Å². The van der Waals surface area contributed by atoms with E-state index < -0.39 is 0 Å². The molecule has 1 aromatic carbocycles. The number of thioether (sulfide) groups is 1. The minimum absolute atomic E-state index is 0.0154. The number of anilines is 1. The van der Waals surface area contributed by atoms with E-state index in [2.05, 4.69) is 10.3 Å². The number of hydrogen-bond acceptors (Lipinski definition) is 3. The summed E-state index contributed by atoms with van der Waals surface area (Å²) in [5.74, 6) is 1.69. The Bertz CT molecular complexity index is 546. The fourth-order valence-corrected chi connectivity index (χ4v) is 2.62. The van der Waals surface area contributed by atoms with Crippen LogP contribution in [-0.4, -0.2) is 16.6 Å². The Labute approximate surface area is 127 Å². The molecule has 5 heteroatoms. The molecule has 0 spiro atoms. The van der Waals surface area contributed by atoms with Crippen LogP contribution in [0, 0.1) is 0 Å². The van der Waals surface area contributed by atoms with Crippen molar-refractivity contribution in [1.29, 1.82) is 0 Å². The van der Waals surface area contributed by atoms with E-state index >= 15 is 0 Å². The lowest BCUT2D eigenvalue weighted by molar-refractivity contribution is -0.115. The van der Waals surface area contributed by atoms with Crippen molar-refractivity contribution >= 4 is 35.0 Å². The average molecular weight is 307 g/mol. The van der Waals surface area contributed by atoms with E-state index in [1.165, 1.54) is 5.56 Å². The molecule has 0 saturated carbocycles. The van der Waals surface area contributed by atoms with Crippen LogP contribution < -0.4 is 5.32 Å². The molecule has 3 nitrogen and oxygen atoms in total. The number of benzene rings is 1. The van der Waals surface area contributed by atoms with Crippen LogP contribution in [0.1, 0.15) is 12.0 Å². The molecule has 2 rings (SSSR count). The first kappa shape index (κ1) is 14.9. The molecule has 104 valence electrons. The van der Waals surface area contributed by atoms with Crippen LogP contribution in [0.5, 0.6) is 0 Å². The zero-order valence-electron chi connectivity index (χ0n) is 10.9. The molecule has 20 heavy (non-hydrogen) atoms. The predicted molar refractivity (Wildman–Crippen MR) is 85.1 cm³/mol. The number of pyridine rings is 1. The molecule has 0 radical (unpaired) electrons. The van der Waals surface area contributed by atoms with Gasteiger partial charge in [-0.15, -0.1) is 0 Å². The van der Waals surface area contributed by atoms with E-state index in [1.54, 1.807) is 30.2 Å². The largest absolute Gasteiger partial charge is 0.325 e. The van der Waals surface area contributed by atoms with Crippen molar-refractivity contribution in [3.63, 3.8) is 0 Å². The highest BCUT2D eigenvalue weighted by Crippen LogP contribution is 2.16. The molecule has 0 atom stereocenters. The monoisotopic (exact) mass is 306 g/mol. The van der Waals surface area contributed by atoms with Crippen molar-refractivity contribution in [2.45, 2.75) is 12.2 Å². The number of carbonyl (C=O) groups is 1. The smallest absolute Gasteiger partial charge is 0.225 e. The molecule has 1 heterocycles. The van der Waals surface area contributed by atoms with Crippen molar-refractivity contribution in [3.05, 3.63) is 59.4 Å². The van der Waals surface area contributed by atoms with Crippen LogP contribution in [0.3, 0.4) is 0 Å². The van der Waals surface area contributed by atoms with E-state index in [4.69, 9.17) is 11.6 Å². The average Bonchev–Trinajstić information content (AvgIpc) is 2.46. The molecule has 1 N–H and O–H groups in total. The number of halogens is 1. The SMILES string of the molecule is O=C(CCSCc1ccc(Cl)cc1)Nc1cccnc1. The molecular formula is C15H15ClN2OS. The summed E-state index contributed by atoms with van der Waals surface area (Å²) in [5, 5.41) is 3.56. The van der Waals surface area contributed by atoms with Gasteiger partial charge in [-0.3, -0.25) is 9.78 Å². The summed E-state index contributed by atoms with van der Waals surface area (Å²) in [6.45, 7) is 0. The lowest BCUT2D eigenvalue weighted by Gasteiger charge is -2.04. The quantitative estimate of drug-likeness (QED) is 0.820. The summed E-state index contributed by atoms with van der Waals surface area (Å²) in [6, 6.07) is 11.4. The third-order valence-corrected chi connectivity index (χ3v) is 3.88. The highest BCUT2D eigenvalue weighted by atomic mass is 35.5. The van der Waals surface area contributed by atoms with Crippen LogP contribution in [0.15, 0.2) is 48.8 Å². The molecule has 1 aromatic heterocycles. The van der Waals surface area contributed by atoms with Gasteiger partial charge in [0.25, 0.3) is 0 Å². The predicted octanol–water partition coefficient (Wildman–Crippen LogP) is 4.00. The second-order valence-corrected chi connectivity index (χ2v) is 5.76. The van der Waals surface area contributed by atoms with Gasteiger partial charge in [0.2, 0.25) is 5.91 Å². The third-order valence-electron chi connectivity index (χ3n) is 2.60. The topological polar surface area (TPSA) is 42.0 Å². The van der Waals surface area contributed by atoms with Crippen LogP contribution in [0.2, 0.25) is 5.02 Å². The summed E-state index contributed by atoms with van der Waals surface area (Å²) in [6.07, 6.45) is 3.81. The minimum Gasteiger partial charge on any atom is -0.325 e. The first-order chi connectivity index (χ1) is 9.74. The van der Waals surface area contributed by atoms with E-state index in [0.717, 1.165) is 22.2 Å². The number of amides is 1. The molecule has 0 unspecified atom stereocenters. The normalized spacial score (nSPS) is 10.2. The lowest BCUT2D eigenvalue weighted by Crippen LogP contribution is -2.12. The number of aromatic nitrogens is 1. The second kappa shape index (κ2) is 7.92. The zero-order valence-corrected chi connectivity index (χ0v) is 12.5. The molecule has 0 aliphatic heterocycles. The van der Waals surface area contributed by atoms with Crippen molar-refractivity contribution < 1.29 is 4.79 Å². The number of hydrogen-bond donors (Lipinski definition) is 1. The van der Waals surface area contributed by atoms with E-state index in [0.29, 0.717) is 6.42 Å². The lowest BCUT2D eigenvalue weighted by atomic mass is 10.2. The van der Waals surface area contributed by atoms with E-state index in [-0.39, 0.29) is 5.91 Å². The summed E-state index contributed by atoms with van der Waals surface area (Å²) in [5.41, 5.74) is 1.95. The minimum atomic E-state index is 0.0154. The van der Waals surface area contributed by atoms with Gasteiger partial charge in [-0.25, -0.2) is 0 Å². The summed E-state index contributed by atoms with van der Waals surface area (Å²) in [7, 11) is 0. The van der Waals surface area contributed by atoms with Crippen LogP contribution in [-0.2, 0) is 10.5 Å². The van der Waals surface area contributed by atoms with Gasteiger partial charge in [-0.1, -0.05) is 23.7 Å².